The summed E-state index contributed by atoms with van der Waals surface area (Å²) in [5.41, 5.74) is 0.679. The molecule has 5 nitrogen and oxygen atoms in total. The molecule has 0 spiro atoms. The van der Waals surface area contributed by atoms with Crippen LogP contribution in [0.2, 0.25) is 0 Å². The molecule has 1 atom stereocenters. The number of para-hydroxylation sites is 1. The summed E-state index contributed by atoms with van der Waals surface area (Å²) in [6, 6.07) is 8.99. The fourth-order valence-electron chi connectivity index (χ4n) is 2.43. The lowest BCUT2D eigenvalue weighted by Crippen LogP contribution is -2.38. The molecular formula is C16H17NO4. The van der Waals surface area contributed by atoms with Gasteiger partial charge in [-0.25, -0.2) is 0 Å². The van der Waals surface area contributed by atoms with Crippen LogP contribution < -0.4 is 5.32 Å². The van der Waals surface area contributed by atoms with Crippen molar-refractivity contribution in [2.75, 3.05) is 7.11 Å². The van der Waals surface area contributed by atoms with E-state index in [4.69, 9.17) is 4.42 Å². The van der Waals surface area contributed by atoms with Gasteiger partial charge in [0, 0.05) is 11.4 Å². The molecule has 5 heteroatoms. The minimum atomic E-state index is -0.309. The van der Waals surface area contributed by atoms with Crippen LogP contribution in [-0.2, 0) is 9.53 Å². The molecular weight excluding hydrogens is 270 g/mol. The number of amides is 1. The standard InChI is InChI=1S/C16H17NO4/c1-20-15(18)9-12(10-6-7-10)17-16(19)14-8-11-4-2-3-5-13(11)21-14/h2-5,8,10,12H,6-7,9H2,1H3,(H,17,19). The lowest BCUT2D eigenvalue weighted by molar-refractivity contribution is -0.141. The Labute approximate surface area is 122 Å². The van der Waals surface area contributed by atoms with Crippen LogP contribution in [0.5, 0.6) is 0 Å². The lowest BCUT2D eigenvalue weighted by atomic mass is 10.1. The van der Waals surface area contributed by atoms with E-state index < -0.39 is 0 Å². The van der Waals surface area contributed by atoms with Gasteiger partial charge in [0.05, 0.1) is 13.5 Å². The molecule has 1 saturated carbocycles. The van der Waals surface area contributed by atoms with Crippen LogP contribution in [0.15, 0.2) is 34.7 Å². The van der Waals surface area contributed by atoms with Crippen molar-refractivity contribution in [1.29, 1.82) is 0 Å². The van der Waals surface area contributed by atoms with Crippen LogP contribution in [-0.4, -0.2) is 25.0 Å². The highest BCUT2D eigenvalue weighted by Gasteiger charge is 2.34. The van der Waals surface area contributed by atoms with E-state index in [2.05, 4.69) is 10.1 Å². The molecule has 1 heterocycles. The van der Waals surface area contributed by atoms with Crippen LogP contribution in [0.25, 0.3) is 11.0 Å². The summed E-state index contributed by atoms with van der Waals surface area (Å²) < 4.78 is 10.2. The molecule has 1 unspecified atom stereocenters. The Morgan fingerprint density at radius 2 is 2.14 bits per heavy atom. The van der Waals surface area contributed by atoms with Gasteiger partial charge in [-0.3, -0.25) is 9.59 Å². The van der Waals surface area contributed by atoms with Crippen molar-refractivity contribution in [1.82, 2.24) is 5.32 Å². The number of hydrogen-bond acceptors (Lipinski definition) is 4. The van der Waals surface area contributed by atoms with E-state index in [0.717, 1.165) is 18.2 Å². The zero-order chi connectivity index (χ0) is 14.8. The fourth-order valence-corrected chi connectivity index (χ4v) is 2.43. The summed E-state index contributed by atoms with van der Waals surface area (Å²) in [5.74, 6) is 0.0351. The van der Waals surface area contributed by atoms with Crippen molar-refractivity contribution in [3.63, 3.8) is 0 Å². The predicted molar refractivity (Wildman–Crippen MR) is 76.8 cm³/mol. The smallest absolute Gasteiger partial charge is 0.307 e. The van der Waals surface area contributed by atoms with Crippen LogP contribution in [0.3, 0.4) is 0 Å². The normalized spacial score (nSPS) is 15.7. The number of ether oxygens (including phenoxy) is 1. The summed E-state index contributed by atoms with van der Waals surface area (Å²) in [5, 5.41) is 3.78. The van der Waals surface area contributed by atoms with Crippen molar-refractivity contribution < 1.29 is 18.7 Å². The summed E-state index contributed by atoms with van der Waals surface area (Å²) in [4.78, 5) is 23.7. The Bertz CT molecular complexity index is 639. The third-order valence-corrected chi connectivity index (χ3v) is 3.77. The van der Waals surface area contributed by atoms with Gasteiger partial charge in [-0.1, -0.05) is 18.2 Å². The zero-order valence-electron chi connectivity index (χ0n) is 11.8. The maximum atomic E-state index is 12.3. The SMILES string of the molecule is COC(=O)CC(NC(=O)c1cc2ccccc2o1)C1CC1. The second-order valence-electron chi connectivity index (χ2n) is 5.35. The lowest BCUT2D eigenvalue weighted by Gasteiger charge is -2.16. The molecule has 21 heavy (non-hydrogen) atoms. The van der Waals surface area contributed by atoms with E-state index in [1.807, 2.05) is 24.3 Å². The fraction of sp³-hybridized carbons (Fsp3) is 0.375. The number of fused-ring (bicyclic) bond motifs is 1. The summed E-state index contributed by atoms with van der Waals surface area (Å²) >= 11 is 0. The van der Waals surface area contributed by atoms with E-state index in [0.29, 0.717) is 11.5 Å². The third-order valence-electron chi connectivity index (χ3n) is 3.77. The molecule has 3 rings (SSSR count). The second-order valence-corrected chi connectivity index (χ2v) is 5.35. The van der Waals surface area contributed by atoms with E-state index in [1.54, 1.807) is 6.07 Å². The van der Waals surface area contributed by atoms with Crippen LogP contribution in [0.4, 0.5) is 0 Å². The number of esters is 1. The third kappa shape index (κ3) is 3.07. The van der Waals surface area contributed by atoms with Gasteiger partial charge in [0.25, 0.3) is 5.91 Å². The maximum absolute atomic E-state index is 12.3. The first-order valence-corrected chi connectivity index (χ1v) is 7.03. The second kappa shape index (κ2) is 5.60. The number of hydrogen-bond donors (Lipinski definition) is 1. The largest absolute Gasteiger partial charge is 0.469 e. The van der Waals surface area contributed by atoms with Crippen LogP contribution in [0, 0.1) is 5.92 Å². The molecule has 0 aliphatic heterocycles. The molecule has 0 bridgehead atoms. The molecule has 1 fully saturated rings. The topological polar surface area (TPSA) is 68.5 Å². The number of benzene rings is 1. The van der Waals surface area contributed by atoms with Gasteiger partial charge in [0.15, 0.2) is 5.76 Å². The van der Waals surface area contributed by atoms with Crippen LogP contribution in [0.1, 0.15) is 29.8 Å². The number of methoxy groups -OCH3 is 1. The molecule has 2 aromatic rings. The predicted octanol–water partition coefficient (Wildman–Crippen LogP) is 2.50. The molecule has 0 saturated heterocycles. The molecule has 1 N–H and O–H groups in total. The van der Waals surface area contributed by atoms with E-state index >= 15 is 0 Å². The first kappa shape index (κ1) is 13.7. The first-order valence-electron chi connectivity index (χ1n) is 7.03. The Kier molecular flexibility index (Phi) is 3.64. The molecule has 1 aromatic carbocycles. The van der Waals surface area contributed by atoms with Gasteiger partial charge in [0.2, 0.25) is 0 Å². The molecule has 1 aromatic heterocycles. The van der Waals surface area contributed by atoms with E-state index in [-0.39, 0.29) is 30.1 Å². The van der Waals surface area contributed by atoms with Gasteiger partial charge in [-0.05, 0) is 30.9 Å². The highest BCUT2D eigenvalue weighted by molar-refractivity contribution is 5.96. The van der Waals surface area contributed by atoms with Crippen LogP contribution >= 0.6 is 0 Å². The Morgan fingerprint density at radius 3 is 2.81 bits per heavy atom. The number of furan rings is 1. The van der Waals surface area contributed by atoms with Crippen molar-refractivity contribution in [3.05, 3.63) is 36.1 Å². The number of carbonyl (C=O) groups excluding carboxylic acids is 2. The zero-order valence-corrected chi connectivity index (χ0v) is 11.8. The molecule has 1 aliphatic rings. The minimum Gasteiger partial charge on any atom is -0.469 e. The first-order chi connectivity index (χ1) is 10.2. The average molecular weight is 287 g/mol. The number of carbonyl (C=O) groups is 2. The van der Waals surface area contributed by atoms with Gasteiger partial charge in [-0.15, -0.1) is 0 Å². The highest BCUT2D eigenvalue weighted by Crippen LogP contribution is 2.34. The summed E-state index contributed by atoms with van der Waals surface area (Å²) in [6.07, 6.45) is 2.26. The highest BCUT2D eigenvalue weighted by atomic mass is 16.5. The number of rotatable bonds is 5. The Morgan fingerprint density at radius 1 is 1.38 bits per heavy atom. The van der Waals surface area contributed by atoms with Gasteiger partial charge in [0.1, 0.15) is 5.58 Å². The van der Waals surface area contributed by atoms with Crippen molar-refractivity contribution in [3.8, 4) is 0 Å². The quantitative estimate of drug-likeness (QED) is 0.858. The van der Waals surface area contributed by atoms with E-state index in [1.165, 1.54) is 7.11 Å². The summed E-state index contributed by atoms with van der Waals surface area (Å²) in [7, 11) is 1.35. The van der Waals surface area contributed by atoms with Gasteiger partial charge < -0.3 is 14.5 Å². The van der Waals surface area contributed by atoms with Crippen molar-refractivity contribution in [2.24, 2.45) is 5.92 Å². The average Bonchev–Trinajstić information content (AvgIpc) is 3.24. The molecule has 1 aliphatic carbocycles. The Hall–Kier alpha value is -2.30. The van der Waals surface area contributed by atoms with Gasteiger partial charge >= 0.3 is 5.97 Å². The summed E-state index contributed by atoms with van der Waals surface area (Å²) in [6.45, 7) is 0. The number of nitrogens with one attached hydrogen (secondary N) is 1. The van der Waals surface area contributed by atoms with E-state index in [9.17, 15) is 9.59 Å². The van der Waals surface area contributed by atoms with Crippen molar-refractivity contribution in [2.45, 2.75) is 25.3 Å². The monoisotopic (exact) mass is 287 g/mol. The van der Waals surface area contributed by atoms with Gasteiger partial charge in [-0.2, -0.15) is 0 Å². The molecule has 110 valence electrons. The molecule has 0 radical (unpaired) electrons. The Balaban J connectivity index is 1.72. The van der Waals surface area contributed by atoms with Crippen molar-refractivity contribution >= 4 is 22.8 Å². The maximum Gasteiger partial charge on any atom is 0.307 e. The molecule has 1 amide bonds. The minimum absolute atomic E-state index is 0.182.